The van der Waals surface area contributed by atoms with Crippen LogP contribution in [0.5, 0.6) is 0 Å². The molecule has 5 heteroatoms. The predicted molar refractivity (Wildman–Crippen MR) is 83.8 cm³/mol. The Bertz CT molecular complexity index is 885. The zero-order valence-corrected chi connectivity index (χ0v) is 12.3. The van der Waals surface area contributed by atoms with Gasteiger partial charge in [-0.2, -0.15) is 8.42 Å². The highest BCUT2D eigenvalue weighted by Gasteiger charge is 2.15. The van der Waals surface area contributed by atoms with Crippen molar-refractivity contribution in [2.75, 3.05) is 0 Å². The zero-order chi connectivity index (χ0) is 15.6. The lowest BCUT2D eigenvalue weighted by atomic mass is 10.0. The van der Waals surface area contributed by atoms with Crippen LogP contribution in [0.15, 0.2) is 82.3 Å². The molecule has 110 valence electrons. The predicted octanol–water partition coefficient (Wildman–Crippen LogP) is 4.14. The van der Waals surface area contributed by atoms with E-state index in [1.165, 1.54) is 12.1 Å². The second kappa shape index (κ2) is 5.71. The minimum Gasteiger partial charge on any atom is -0.282 e. The largest absolute Gasteiger partial charge is 0.360 e. The van der Waals surface area contributed by atoms with E-state index < -0.39 is 10.1 Å². The quantitative estimate of drug-likeness (QED) is 0.583. The van der Waals surface area contributed by atoms with Crippen molar-refractivity contribution in [1.82, 2.24) is 0 Å². The van der Waals surface area contributed by atoms with E-state index in [1.807, 2.05) is 42.5 Å². The summed E-state index contributed by atoms with van der Waals surface area (Å²) in [6.07, 6.45) is 1.59. The molecular formula is C17H13O4S+. The Morgan fingerprint density at radius 3 is 2.09 bits per heavy atom. The fourth-order valence-corrected chi connectivity index (χ4v) is 2.64. The van der Waals surface area contributed by atoms with Crippen molar-refractivity contribution < 1.29 is 17.4 Å². The highest BCUT2D eigenvalue weighted by atomic mass is 32.2. The molecule has 3 aromatic rings. The molecule has 4 nitrogen and oxygen atoms in total. The fourth-order valence-electron chi connectivity index (χ4n) is 2.16. The second-order valence-corrected chi connectivity index (χ2v) is 6.17. The fraction of sp³-hybridized carbons (Fsp3) is 0. The normalized spacial score (nSPS) is 11.3. The molecule has 22 heavy (non-hydrogen) atoms. The molecule has 0 aliphatic heterocycles. The van der Waals surface area contributed by atoms with Crippen molar-refractivity contribution in [2.45, 2.75) is 4.90 Å². The second-order valence-electron chi connectivity index (χ2n) is 4.75. The van der Waals surface area contributed by atoms with Gasteiger partial charge in [0.05, 0.1) is 16.5 Å². The van der Waals surface area contributed by atoms with Gasteiger partial charge >= 0.3 is 12.0 Å². The Kier molecular flexibility index (Phi) is 3.75. The van der Waals surface area contributed by atoms with Gasteiger partial charge in [-0.3, -0.25) is 4.55 Å². The molecule has 1 N–H and O–H groups in total. The summed E-state index contributed by atoms with van der Waals surface area (Å²) in [4.78, 5) is -0.143. The van der Waals surface area contributed by atoms with Gasteiger partial charge in [0.25, 0.3) is 10.1 Å². The van der Waals surface area contributed by atoms with E-state index >= 15 is 0 Å². The molecule has 0 fully saturated rings. The first-order valence-corrected chi connectivity index (χ1v) is 8.03. The molecule has 0 aliphatic rings. The van der Waals surface area contributed by atoms with Gasteiger partial charge in [-0.25, -0.2) is 4.42 Å². The molecule has 0 bridgehead atoms. The Morgan fingerprint density at radius 1 is 0.773 bits per heavy atom. The SMILES string of the molecule is O=S(=O)(O)c1ccc(-c2cc(-c3ccccc3)cc[o+]2)cc1. The third-order valence-electron chi connectivity index (χ3n) is 3.27. The number of hydrogen-bond donors (Lipinski definition) is 1. The summed E-state index contributed by atoms with van der Waals surface area (Å²) in [7, 11) is -4.18. The first-order valence-electron chi connectivity index (χ1n) is 6.59. The molecule has 1 aromatic heterocycles. The molecule has 0 spiro atoms. The summed E-state index contributed by atoms with van der Waals surface area (Å²) in [5.41, 5.74) is 2.79. The van der Waals surface area contributed by atoms with Crippen LogP contribution in [0.4, 0.5) is 0 Å². The van der Waals surface area contributed by atoms with Gasteiger partial charge in [0.2, 0.25) is 0 Å². The summed E-state index contributed by atoms with van der Waals surface area (Å²) in [5.74, 6) is 0.614. The average molecular weight is 313 g/mol. The molecule has 0 radical (unpaired) electrons. The van der Waals surface area contributed by atoms with Crippen molar-refractivity contribution in [1.29, 1.82) is 0 Å². The zero-order valence-electron chi connectivity index (χ0n) is 11.5. The summed E-state index contributed by atoms with van der Waals surface area (Å²) in [6, 6.07) is 19.5. The Morgan fingerprint density at radius 2 is 1.45 bits per heavy atom. The lowest BCUT2D eigenvalue weighted by Crippen LogP contribution is -1.97. The van der Waals surface area contributed by atoms with Gasteiger partial charge in [-0.15, -0.1) is 0 Å². The van der Waals surface area contributed by atoms with Crippen molar-refractivity contribution in [3.63, 3.8) is 0 Å². The standard InChI is InChI=1S/C17H12O4S/c18-22(19,20)16-8-6-14(7-9-16)17-12-15(10-11-21-17)13-4-2-1-3-5-13/h1-12H/p+1. The van der Waals surface area contributed by atoms with Crippen LogP contribution < -0.4 is 0 Å². The summed E-state index contributed by atoms with van der Waals surface area (Å²) in [5, 5.41) is 0. The number of hydrogen-bond acceptors (Lipinski definition) is 2. The maximum absolute atomic E-state index is 11.1. The van der Waals surface area contributed by atoms with Crippen LogP contribution in [0.2, 0.25) is 0 Å². The van der Waals surface area contributed by atoms with Gasteiger partial charge in [-0.05, 0) is 35.4 Å². The lowest BCUT2D eigenvalue weighted by molar-refractivity contribution is 0.483. The lowest BCUT2D eigenvalue weighted by Gasteiger charge is -2.00. The average Bonchev–Trinajstić information content (AvgIpc) is 2.55. The number of benzene rings is 2. The Balaban J connectivity index is 1.99. The third kappa shape index (κ3) is 3.05. The van der Waals surface area contributed by atoms with Gasteiger partial charge < -0.3 is 0 Å². The Hall–Kier alpha value is -2.50. The van der Waals surface area contributed by atoms with Crippen LogP contribution in [0, 0.1) is 0 Å². The molecule has 2 aromatic carbocycles. The van der Waals surface area contributed by atoms with Crippen molar-refractivity contribution >= 4 is 10.1 Å². The minimum atomic E-state index is -4.18. The molecule has 0 saturated carbocycles. The van der Waals surface area contributed by atoms with Crippen molar-refractivity contribution in [2.24, 2.45) is 0 Å². The van der Waals surface area contributed by atoms with Crippen LogP contribution in [0.3, 0.4) is 0 Å². The highest BCUT2D eigenvalue weighted by molar-refractivity contribution is 7.85. The third-order valence-corrected chi connectivity index (χ3v) is 4.14. The van der Waals surface area contributed by atoms with Gasteiger partial charge in [0.1, 0.15) is 0 Å². The molecule has 0 unspecified atom stereocenters. The van der Waals surface area contributed by atoms with Gasteiger partial charge in [-0.1, -0.05) is 30.3 Å². The molecule has 0 aliphatic carbocycles. The van der Waals surface area contributed by atoms with E-state index in [-0.39, 0.29) is 4.90 Å². The molecule has 0 atom stereocenters. The van der Waals surface area contributed by atoms with E-state index in [0.717, 1.165) is 16.7 Å². The molecule has 3 rings (SSSR count). The number of rotatable bonds is 3. The van der Waals surface area contributed by atoms with Crippen LogP contribution in [0.25, 0.3) is 22.5 Å². The summed E-state index contributed by atoms with van der Waals surface area (Å²) >= 11 is 0. The molecular weight excluding hydrogens is 300 g/mol. The van der Waals surface area contributed by atoms with E-state index in [2.05, 4.69) is 0 Å². The molecule has 1 heterocycles. The molecule has 0 amide bonds. The first kappa shape index (κ1) is 14.4. The minimum absolute atomic E-state index is 0.143. The van der Waals surface area contributed by atoms with Gasteiger partial charge in [0.15, 0.2) is 0 Å². The monoisotopic (exact) mass is 313 g/mol. The first-order chi connectivity index (χ1) is 10.5. The summed E-state index contributed by atoms with van der Waals surface area (Å²) in [6.45, 7) is 0. The van der Waals surface area contributed by atoms with Crippen molar-refractivity contribution in [3.05, 3.63) is 73.0 Å². The topological polar surface area (TPSA) is 65.7 Å². The van der Waals surface area contributed by atoms with Crippen LogP contribution in [-0.4, -0.2) is 13.0 Å². The Labute approximate surface area is 128 Å². The van der Waals surface area contributed by atoms with E-state index in [1.54, 1.807) is 18.4 Å². The van der Waals surface area contributed by atoms with Crippen LogP contribution >= 0.6 is 0 Å². The maximum Gasteiger partial charge on any atom is 0.360 e. The smallest absolute Gasteiger partial charge is 0.282 e. The highest BCUT2D eigenvalue weighted by Crippen LogP contribution is 2.27. The maximum atomic E-state index is 11.1. The summed E-state index contributed by atoms with van der Waals surface area (Å²) < 4.78 is 36.6. The molecule has 0 saturated heterocycles. The van der Waals surface area contributed by atoms with Crippen LogP contribution in [-0.2, 0) is 10.1 Å². The van der Waals surface area contributed by atoms with E-state index in [4.69, 9.17) is 8.97 Å². The van der Waals surface area contributed by atoms with E-state index in [9.17, 15) is 8.42 Å². The van der Waals surface area contributed by atoms with Crippen LogP contribution in [0.1, 0.15) is 0 Å². The van der Waals surface area contributed by atoms with Crippen molar-refractivity contribution in [3.8, 4) is 22.5 Å². The van der Waals surface area contributed by atoms with Gasteiger partial charge in [0, 0.05) is 6.07 Å². The van der Waals surface area contributed by atoms with E-state index in [0.29, 0.717) is 5.76 Å².